The van der Waals surface area contributed by atoms with E-state index in [4.69, 9.17) is 0 Å². The molecule has 0 spiro atoms. The topological polar surface area (TPSA) is 62.2 Å². The molecule has 0 aliphatic carbocycles. The first kappa shape index (κ1) is 19.0. The number of urea groups is 1. The Morgan fingerprint density at radius 1 is 1.28 bits per heavy atom. The Balaban J connectivity index is 1.75. The fourth-order valence-electron chi connectivity index (χ4n) is 3.07. The van der Waals surface area contributed by atoms with Gasteiger partial charge in [-0.3, -0.25) is 4.68 Å². The fraction of sp³-hybridized carbons (Fsp3) is 0.474. The molecule has 1 atom stereocenters. The number of nitrogens with one attached hydrogen (secondary N) is 2. The second-order valence-corrected chi connectivity index (χ2v) is 6.55. The Kier molecular flexibility index (Phi) is 6.58. The molecular formula is C19H29N5O. The minimum absolute atomic E-state index is 0.0734. The molecule has 0 saturated carbocycles. The van der Waals surface area contributed by atoms with Crippen LogP contribution in [0.15, 0.2) is 30.3 Å². The number of amides is 2. The number of aryl methyl sites for hydroxylation is 2. The maximum absolute atomic E-state index is 12.1. The summed E-state index contributed by atoms with van der Waals surface area (Å²) in [4.78, 5) is 14.3. The number of likely N-dealkylation sites (N-methyl/N-ethyl adjacent to an activating group) is 1. The zero-order chi connectivity index (χ0) is 18.4. The van der Waals surface area contributed by atoms with Crippen molar-refractivity contribution in [1.82, 2.24) is 25.3 Å². The smallest absolute Gasteiger partial charge is 0.315 e. The predicted octanol–water partition coefficient (Wildman–Crippen LogP) is 2.53. The summed E-state index contributed by atoms with van der Waals surface area (Å²) in [5.41, 5.74) is 4.38. The summed E-state index contributed by atoms with van der Waals surface area (Å²) in [6.45, 7) is 8.24. The van der Waals surface area contributed by atoms with Gasteiger partial charge in [-0.15, -0.1) is 0 Å². The molecule has 0 radical (unpaired) electrons. The predicted molar refractivity (Wildman–Crippen MR) is 100 cm³/mol. The third kappa shape index (κ3) is 5.32. The van der Waals surface area contributed by atoms with Crippen molar-refractivity contribution in [3.8, 4) is 0 Å². The van der Waals surface area contributed by atoms with E-state index in [1.165, 1.54) is 5.56 Å². The molecule has 6 nitrogen and oxygen atoms in total. The number of rotatable bonds is 7. The van der Waals surface area contributed by atoms with Crippen molar-refractivity contribution in [2.24, 2.45) is 7.05 Å². The van der Waals surface area contributed by atoms with Crippen molar-refractivity contribution in [1.29, 1.82) is 0 Å². The zero-order valence-electron chi connectivity index (χ0n) is 15.8. The van der Waals surface area contributed by atoms with Crippen LogP contribution in [0.25, 0.3) is 0 Å². The van der Waals surface area contributed by atoms with Crippen LogP contribution in [0.1, 0.15) is 35.5 Å². The summed E-state index contributed by atoms with van der Waals surface area (Å²) in [5.74, 6) is 0. The van der Waals surface area contributed by atoms with Gasteiger partial charge in [0.15, 0.2) is 0 Å². The maximum atomic E-state index is 12.1. The van der Waals surface area contributed by atoms with E-state index in [2.05, 4.69) is 39.8 Å². The normalized spacial score (nSPS) is 12.2. The largest absolute Gasteiger partial charge is 0.337 e. The molecule has 2 amide bonds. The highest BCUT2D eigenvalue weighted by Crippen LogP contribution is 2.20. The van der Waals surface area contributed by atoms with Crippen molar-refractivity contribution in [2.75, 3.05) is 20.1 Å². The van der Waals surface area contributed by atoms with Crippen LogP contribution in [-0.4, -0.2) is 40.8 Å². The molecule has 6 heteroatoms. The maximum Gasteiger partial charge on any atom is 0.315 e. The van der Waals surface area contributed by atoms with Crippen LogP contribution in [-0.2, 0) is 13.6 Å². The Morgan fingerprint density at radius 2 is 1.96 bits per heavy atom. The lowest BCUT2D eigenvalue weighted by Crippen LogP contribution is -2.40. The van der Waals surface area contributed by atoms with Gasteiger partial charge in [-0.05, 0) is 33.4 Å². The van der Waals surface area contributed by atoms with Crippen molar-refractivity contribution < 1.29 is 4.79 Å². The minimum atomic E-state index is -0.150. The van der Waals surface area contributed by atoms with Crippen LogP contribution in [0.2, 0.25) is 0 Å². The molecule has 0 bridgehead atoms. The third-order valence-electron chi connectivity index (χ3n) is 4.42. The molecular weight excluding hydrogens is 314 g/mol. The van der Waals surface area contributed by atoms with E-state index < -0.39 is 0 Å². The Hall–Kier alpha value is -2.34. The van der Waals surface area contributed by atoms with Crippen molar-refractivity contribution in [3.05, 3.63) is 52.8 Å². The lowest BCUT2D eigenvalue weighted by molar-refractivity contribution is 0.235. The second kappa shape index (κ2) is 8.67. The summed E-state index contributed by atoms with van der Waals surface area (Å²) in [7, 11) is 3.97. The van der Waals surface area contributed by atoms with E-state index >= 15 is 0 Å². The average molecular weight is 343 g/mol. The number of aromatic nitrogens is 2. The summed E-state index contributed by atoms with van der Waals surface area (Å²) in [6.07, 6.45) is 0. The number of carbonyl (C=O) groups excluding carboxylic acids is 1. The summed E-state index contributed by atoms with van der Waals surface area (Å²) in [6, 6.07) is 10.1. The standard InChI is InChI=1S/C19H29N5O/c1-14(18-15(2)22-24(5)16(18)3)21-19(25)20-11-12-23(4)13-17-9-7-6-8-10-17/h6-10,14H,11-13H2,1-5H3,(H2,20,21,25). The van der Waals surface area contributed by atoms with E-state index in [1.54, 1.807) is 0 Å². The molecule has 0 saturated heterocycles. The van der Waals surface area contributed by atoms with Crippen LogP contribution in [0, 0.1) is 13.8 Å². The lowest BCUT2D eigenvalue weighted by atomic mass is 10.1. The van der Waals surface area contributed by atoms with Crippen LogP contribution in [0.3, 0.4) is 0 Å². The fourth-order valence-corrected chi connectivity index (χ4v) is 3.07. The van der Waals surface area contributed by atoms with Gasteiger partial charge in [-0.1, -0.05) is 30.3 Å². The van der Waals surface area contributed by atoms with Gasteiger partial charge in [0, 0.05) is 37.9 Å². The molecule has 0 aliphatic heterocycles. The molecule has 25 heavy (non-hydrogen) atoms. The highest BCUT2D eigenvalue weighted by molar-refractivity contribution is 5.74. The zero-order valence-corrected chi connectivity index (χ0v) is 15.8. The van der Waals surface area contributed by atoms with Crippen LogP contribution in [0.5, 0.6) is 0 Å². The first-order valence-electron chi connectivity index (χ1n) is 8.65. The summed E-state index contributed by atoms with van der Waals surface area (Å²) < 4.78 is 1.85. The molecule has 2 N–H and O–H groups in total. The van der Waals surface area contributed by atoms with Crippen molar-refractivity contribution >= 4 is 6.03 Å². The Labute approximate surface area is 150 Å². The lowest BCUT2D eigenvalue weighted by Gasteiger charge is -2.19. The minimum Gasteiger partial charge on any atom is -0.337 e. The van der Waals surface area contributed by atoms with Gasteiger partial charge < -0.3 is 15.5 Å². The van der Waals surface area contributed by atoms with E-state index in [1.807, 2.05) is 50.7 Å². The molecule has 136 valence electrons. The average Bonchev–Trinajstić information content (AvgIpc) is 2.80. The van der Waals surface area contributed by atoms with Gasteiger partial charge in [0.05, 0.1) is 11.7 Å². The van der Waals surface area contributed by atoms with Gasteiger partial charge >= 0.3 is 6.03 Å². The van der Waals surface area contributed by atoms with Gasteiger partial charge in [-0.25, -0.2) is 4.79 Å². The van der Waals surface area contributed by atoms with Crippen LogP contribution in [0.4, 0.5) is 4.79 Å². The number of benzene rings is 1. The van der Waals surface area contributed by atoms with Crippen LogP contribution < -0.4 is 10.6 Å². The number of nitrogens with zero attached hydrogens (tertiary/aromatic N) is 3. The van der Waals surface area contributed by atoms with Crippen molar-refractivity contribution in [3.63, 3.8) is 0 Å². The Bertz CT molecular complexity index is 695. The second-order valence-electron chi connectivity index (χ2n) is 6.55. The first-order chi connectivity index (χ1) is 11.9. The van der Waals surface area contributed by atoms with E-state index in [0.717, 1.165) is 30.0 Å². The summed E-state index contributed by atoms with van der Waals surface area (Å²) >= 11 is 0. The van der Waals surface area contributed by atoms with Gasteiger partial charge in [-0.2, -0.15) is 5.10 Å². The molecule has 1 aromatic heterocycles. The highest BCUT2D eigenvalue weighted by atomic mass is 16.2. The molecule has 1 heterocycles. The molecule has 1 unspecified atom stereocenters. The number of hydrogen-bond acceptors (Lipinski definition) is 3. The van der Waals surface area contributed by atoms with Crippen LogP contribution >= 0.6 is 0 Å². The molecule has 2 rings (SSSR count). The van der Waals surface area contributed by atoms with Gasteiger partial charge in [0.2, 0.25) is 0 Å². The van der Waals surface area contributed by atoms with E-state index in [-0.39, 0.29) is 12.1 Å². The molecule has 0 aliphatic rings. The summed E-state index contributed by atoms with van der Waals surface area (Å²) in [5, 5.41) is 10.3. The first-order valence-corrected chi connectivity index (χ1v) is 8.65. The van der Waals surface area contributed by atoms with Crippen molar-refractivity contribution in [2.45, 2.75) is 33.4 Å². The molecule has 2 aromatic rings. The third-order valence-corrected chi connectivity index (χ3v) is 4.42. The monoisotopic (exact) mass is 343 g/mol. The quantitative estimate of drug-likeness (QED) is 0.812. The van der Waals surface area contributed by atoms with E-state index in [9.17, 15) is 4.79 Å². The van der Waals surface area contributed by atoms with Gasteiger partial charge in [0.25, 0.3) is 0 Å². The molecule has 0 fully saturated rings. The number of hydrogen-bond donors (Lipinski definition) is 2. The highest BCUT2D eigenvalue weighted by Gasteiger charge is 2.17. The number of carbonyl (C=O) groups is 1. The van der Waals surface area contributed by atoms with Gasteiger partial charge in [0.1, 0.15) is 0 Å². The SMILES string of the molecule is Cc1nn(C)c(C)c1C(C)NC(=O)NCCN(C)Cc1ccccc1. The van der Waals surface area contributed by atoms with E-state index in [0.29, 0.717) is 6.54 Å². The molecule has 1 aromatic carbocycles. The Morgan fingerprint density at radius 3 is 2.56 bits per heavy atom.